The summed E-state index contributed by atoms with van der Waals surface area (Å²) in [5.41, 5.74) is 4.96. The number of amides is 3. The van der Waals surface area contributed by atoms with Crippen molar-refractivity contribution in [1.29, 1.82) is 0 Å². The Morgan fingerprint density at radius 2 is 2.00 bits per heavy atom. The Hall–Kier alpha value is -2.59. The van der Waals surface area contributed by atoms with Gasteiger partial charge >= 0.3 is 0 Å². The molecule has 1 aromatic rings. The Balaban J connectivity index is 2.31. The second-order valence-corrected chi connectivity index (χ2v) is 8.59. The van der Waals surface area contributed by atoms with E-state index in [0.717, 1.165) is 6.07 Å². The van der Waals surface area contributed by atoms with E-state index in [1.165, 1.54) is 17.0 Å². The minimum atomic E-state index is -2.91. The summed E-state index contributed by atoms with van der Waals surface area (Å²) < 4.78 is 32.6. The lowest BCUT2D eigenvalue weighted by molar-refractivity contribution is -0.133. The molecule has 0 radical (unpaired) electrons. The third-order valence-electron chi connectivity index (χ3n) is 4.79. The second-order valence-electron chi connectivity index (χ2n) is 8.59. The molecule has 1 saturated heterocycles. The smallest absolute Gasteiger partial charge is 0.265 e. The minimum absolute atomic E-state index is 0.122. The molecule has 3 N–H and O–H groups in total. The van der Waals surface area contributed by atoms with Gasteiger partial charge in [0, 0.05) is 30.0 Å². The molecule has 1 aromatic carbocycles. The highest BCUT2D eigenvalue weighted by molar-refractivity contribution is 6.10. The maximum absolute atomic E-state index is 13.7. The molecule has 0 aromatic heterocycles. The molecule has 0 saturated carbocycles. The number of carbonyl (C=O) groups excluding carboxylic acids is 3. The van der Waals surface area contributed by atoms with Crippen LogP contribution in [0.15, 0.2) is 18.2 Å². The molecular formula is C21H30F2N4O4. The van der Waals surface area contributed by atoms with Crippen molar-refractivity contribution in [2.24, 2.45) is 11.1 Å². The van der Waals surface area contributed by atoms with Gasteiger partial charge < -0.3 is 20.7 Å². The number of nitrogens with one attached hydrogen (secondary N) is 1. The van der Waals surface area contributed by atoms with Gasteiger partial charge in [-0.15, -0.1) is 0 Å². The molecule has 3 amide bonds. The van der Waals surface area contributed by atoms with Gasteiger partial charge in [0.2, 0.25) is 5.91 Å². The van der Waals surface area contributed by atoms with Crippen LogP contribution in [-0.2, 0) is 19.1 Å². The number of nitrogens with zero attached hydrogens (tertiary/aromatic N) is 2. The molecule has 1 aliphatic heterocycles. The number of likely N-dealkylation sites (N-methyl/N-ethyl adjacent to an activating group) is 1. The third kappa shape index (κ3) is 6.44. The summed E-state index contributed by atoms with van der Waals surface area (Å²) in [6, 6.07) is 2.62. The van der Waals surface area contributed by atoms with Crippen LogP contribution in [0.25, 0.3) is 0 Å². The van der Waals surface area contributed by atoms with Crippen LogP contribution < -0.4 is 16.0 Å². The van der Waals surface area contributed by atoms with Crippen LogP contribution in [0.4, 0.5) is 20.2 Å². The summed E-state index contributed by atoms with van der Waals surface area (Å²) in [6.07, 6.45) is -2.91. The Kier molecular flexibility index (Phi) is 8.08. The first-order chi connectivity index (χ1) is 14.4. The molecule has 0 bridgehead atoms. The maximum Gasteiger partial charge on any atom is 0.265 e. The fraction of sp³-hybridized carbons (Fsp3) is 0.571. The first-order valence-electron chi connectivity index (χ1n) is 10.1. The Labute approximate surface area is 180 Å². The molecule has 10 heteroatoms. The lowest BCUT2D eigenvalue weighted by Gasteiger charge is -2.33. The van der Waals surface area contributed by atoms with Crippen LogP contribution in [0.5, 0.6) is 0 Å². The number of ether oxygens (including phenoxy) is 1. The number of primary amides is 1. The first kappa shape index (κ1) is 24.7. The number of halogens is 2. The van der Waals surface area contributed by atoms with E-state index in [0.29, 0.717) is 19.7 Å². The van der Waals surface area contributed by atoms with Crippen molar-refractivity contribution in [2.45, 2.75) is 40.2 Å². The van der Waals surface area contributed by atoms with Gasteiger partial charge in [0.25, 0.3) is 18.2 Å². The van der Waals surface area contributed by atoms with Crippen molar-refractivity contribution in [3.05, 3.63) is 23.8 Å². The molecule has 0 spiro atoms. The fourth-order valence-electron chi connectivity index (χ4n) is 3.47. The Morgan fingerprint density at radius 1 is 1.32 bits per heavy atom. The lowest BCUT2D eigenvalue weighted by Crippen LogP contribution is -2.54. The topological polar surface area (TPSA) is 105 Å². The average molecular weight is 440 g/mol. The van der Waals surface area contributed by atoms with Gasteiger partial charge in [-0.05, 0) is 30.2 Å². The van der Waals surface area contributed by atoms with Crippen molar-refractivity contribution in [2.75, 3.05) is 43.1 Å². The molecule has 172 valence electrons. The van der Waals surface area contributed by atoms with E-state index in [9.17, 15) is 23.2 Å². The zero-order valence-electron chi connectivity index (χ0n) is 18.3. The van der Waals surface area contributed by atoms with E-state index < -0.39 is 29.8 Å². The van der Waals surface area contributed by atoms with Gasteiger partial charge in [-0.2, -0.15) is 0 Å². The van der Waals surface area contributed by atoms with Crippen molar-refractivity contribution >= 4 is 29.1 Å². The molecule has 1 aliphatic rings. The van der Waals surface area contributed by atoms with E-state index in [1.54, 1.807) is 11.8 Å². The summed E-state index contributed by atoms with van der Waals surface area (Å²) in [5, 5.41) is 2.43. The van der Waals surface area contributed by atoms with Gasteiger partial charge in [-0.3, -0.25) is 19.3 Å². The third-order valence-corrected chi connectivity index (χ3v) is 4.79. The van der Waals surface area contributed by atoms with E-state index in [4.69, 9.17) is 10.5 Å². The van der Waals surface area contributed by atoms with Crippen LogP contribution in [-0.4, -0.2) is 61.5 Å². The SMILES string of the molecule is CCN(CC(C)(C)C)[C@H](C(N)=O)C(=O)Nc1ccc(N2CCOCC2=O)cc1C(F)F. The Morgan fingerprint density at radius 3 is 2.52 bits per heavy atom. The van der Waals surface area contributed by atoms with Crippen LogP contribution in [0.2, 0.25) is 0 Å². The van der Waals surface area contributed by atoms with Crippen molar-refractivity contribution in [3.8, 4) is 0 Å². The van der Waals surface area contributed by atoms with E-state index in [2.05, 4.69) is 5.32 Å². The van der Waals surface area contributed by atoms with E-state index >= 15 is 0 Å². The number of alkyl halides is 2. The van der Waals surface area contributed by atoms with Gasteiger partial charge in [-0.25, -0.2) is 8.78 Å². The standard InChI is InChI=1S/C21H30F2N4O4/c1-5-26(12-21(2,3)4)17(19(24)29)20(30)25-15-7-6-13(10-14(15)18(22)23)27-8-9-31-11-16(27)28/h6-7,10,17-18H,5,8-9,11-12H2,1-4H3,(H2,24,29)(H,25,30)/t17-/m1/s1. The molecule has 8 nitrogen and oxygen atoms in total. The number of rotatable bonds is 8. The summed E-state index contributed by atoms with van der Waals surface area (Å²) in [6.45, 7) is 8.84. The zero-order valence-corrected chi connectivity index (χ0v) is 18.3. The molecule has 1 fully saturated rings. The van der Waals surface area contributed by atoms with Crippen LogP contribution in [0, 0.1) is 5.41 Å². The number of hydrogen-bond donors (Lipinski definition) is 2. The normalized spacial score (nSPS) is 16.0. The monoisotopic (exact) mass is 440 g/mol. The van der Waals surface area contributed by atoms with Crippen molar-refractivity contribution < 1.29 is 27.9 Å². The van der Waals surface area contributed by atoms with Crippen molar-refractivity contribution in [3.63, 3.8) is 0 Å². The van der Waals surface area contributed by atoms with Gasteiger partial charge in [0.1, 0.15) is 6.61 Å². The second kappa shape index (κ2) is 10.1. The molecule has 1 heterocycles. The van der Waals surface area contributed by atoms with Crippen LogP contribution in [0.1, 0.15) is 39.7 Å². The molecule has 31 heavy (non-hydrogen) atoms. The van der Waals surface area contributed by atoms with Gasteiger partial charge in [-0.1, -0.05) is 27.7 Å². The number of carbonyl (C=O) groups is 3. The summed E-state index contributed by atoms with van der Waals surface area (Å²) in [5.74, 6) is -1.98. The quantitative estimate of drug-likeness (QED) is 0.603. The molecule has 0 unspecified atom stereocenters. The number of morpholine rings is 1. The average Bonchev–Trinajstić information content (AvgIpc) is 2.66. The van der Waals surface area contributed by atoms with Crippen molar-refractivity contribution in [1.82, 2.24) is 4.90 Å². The van der Waals surface area contributed by atoms with Gasteiger partial charge in [0.05, 0.1) is 6.61 Å². The first-order valence-corrected chi connectivity index (χ1v) is 10.1. The fourth-order valence-corrected chi connectivity index (χ4v) is 3.47. The zero-order chi connectivity index (χ0) is 23.3. The molecule has 1 atom stereocenters. The van der Waals surface area contributed by atoms with Gasteiger partial charge in [0.15, 0.2) is 6.04 Å². The molecular weight excluding hydrogens is 410 g/mol. The number of nitrogens with two attached hydrogens (primary N) is 1. The summed E-state index contributed by atoms with van der Waals surface area (Å²) in [4.78, 5) is 39.9. The maximum atomic E-state index is 13.7. The summed E-state index contributed by atoms with van der Waals surface area (Å²) >= 11 is 0. The molecule has 0 aliphatic carbocycles. The predicted octanol–water partition coefficient (Wildman–Crippen LogP) is 2.15. The lowest BCUT2D eigenvalue weighted by atomic mass is 9.95. The molecule has 2 rings (SSSR count). The van der Waals surface area contributed by atoms with E-state index in [1.807, 2.05) is 20.8 Å². The highest BCUT2D eigenvalue weighted by Crippen LogP contribution is 2.32. The number of anilines is 2. The summed E-state index contributed by atoms with van der Waals surface area (Å²) in [7, 11) is 0. The Bertz CT molecular complexity index is 826. The number of hydrogen-bond acceptors (Lipinski definition) is 5. The predicted molar refractivity (Wildman–Crippen MR) is 113 cm³/mol. The van der Waals surface area contributed by atoms with Crippen LogP contribution in [0.3, 0.4) is 0 Å². The van der Waals surface area contributed by atoms with Crippen LogP contribution >= 0.6 is 0 Å². The highest BCUT2D eigenvalue weighted by Gasteiger charge is 2.33. The highest BCUT2D eigenvalue weighted by atomic mass is 19.3. The van der Waals surface area contributed by atoms with E-state index in [-0.39, 0.29) is 35.8 Å². The number of benzene rings is 1. The largest absolute Gasteiger partial charge is 0.370 e. The minimum Gasteiger partial charge on any atom is -0.370 e.